The molecule has 4 aromatic rings. The number of amides is 1. The number of benzene rings is 2. The van der Waals surface area contributed by atoms with Crippen molar-refractivity contribution in [3.05, 3.63) is 71.9 Å². The fraction of sp³-hybridized carbons (Fsp3) is 0.150. The zero-order chi connectivity index (χ0) is 18.4. The third-order valence-corrected chi connectivity index (χ3v) is 4.91. The number of aromatic nitrogens is 4. The summed E-state index contributed by atoms with van der Waals surface area (Å²) in [5.41, 5.74) is 3.75. The summed E-state index contributed by atoms with van der Waals surface area (Å²) in [6.07, 6.45) is 0. The second-order valence-corrected chi connectivity index (χ2v) is 6.72. The predicted molar refractivity (Wildman–Crippen MR) is 98.7 cm³/mol. The highest BCUT2D eigenvalue weighted by Crippen LogP contribution is 2.28. The average Bonchev–Trinajstić information content (AvgIpc) is 3.28. The Morgan fingerprint density at radius 3 is 2.67 bits per heavy atom. The molecule has 0 radical (unpaired) electrons. The predicted octanol–water partition coefficient (Wildman–Crippen LogP) is 3.33. The van der Waals surface area contributed by atoms with Gasteiger partial charge in [0.1, 0.15) is 17.3 Å². The molecular formula is C20H16FN5O. The minimum atomic E-state index is -0.303. The van der Waals surface area contributed by atoms with Crippen molar-refractivity contribution in [2.45, 2.75) is 5.92 Å². The number of H-pyrrole nitrogens is 2. The lowest BCUT2D eigenvalue weighted by atomic mass is 9.99. The number of hydrogen-bond donors (Lipinski definition) is 2. The highest BCUT2D eigenvalue weighted by molar-refractivity contribution is 5.94. The lowest BCUT2D eigenvalue weighted by Gasteiger charge is -2.37. The summed E-state index contributed by atoms with van der Waals surface area (Å²) in [6.45, 7) is 1.23. The topological polar surface area (TPSA) is 77.7 Å². The van der Waals surface area contributed by atoms with Crippen molar-refractivity contribution >= 4 is 16.9 Å². The van der Waals surface area contributed by atoms with Gasteiger partial charge < -0.3 is 9.88 Å². The van der Waals surface area contributed by atoms with E-state index in [-0.39, 0.29) is 17.6 Å². The van der Waals surface area contributed by atoms with Crippen LogP contribution in [0.2, 0.25) is 0 Å². The molecule has 0 unspecified atom stereocenters. The first-order valence-electron chi connectivity index (χ1n) is 8.72. The number of para-hydroxylation sites is 2. The first-order chi connectivity index (χ1) is 13.2. The highest BCUT2D eigenvalue weighted by Gasteiger charge is 2.34. The van der Waals surface area contributed by atoms with E-state index in [1.807, 2.05) is 24.3 Å². The smallest absolute Gasteiger partial charge is 0.271 e. The number of rotatable bonds is 3. The number of aromatic amines is 2. The molecule has 2 aromatic heterocycles. The van der Waals surface area contributed by atoms with Gasteiger partial charge in [-0.1, -0.05) is 12.1 Å². The highest BCUT2D eigenvalue weighted by atomic mass is 19.1. The van der Waals surface area contributed by atoms with E-state index in [0.29, 0.717) is 24.5 Å². The van der Waals surface area contributed by atoms with E-state index in [0.717, 1.165) is 22.4 Å². The summed E-state index contributed by atoms with van der Waals surface area (Å²) >= 11 is 0. The van der Waals surface area contributed by atoms with Crippen LogP contribution in [-0.2, 0) is 0 Å². The van der Waals surface area contributed by atoms with Gasteiger partial charge >= 0.3 is 0 Å². The Kier molecular flexibility index (Phi) is 3.53. The van der Waals surface area contributed by atoms with Crippen LogP contribution in [0, 0.1) is 5.82 Å². The second-order valence-electron chi connectivity index (χ2n) is 6.72. The Hall–Kier alpha value is -3.48. The molecule has 1 saturated heterocycles. The zero-order valence-electron chi connectivity index (χ0n) is 14.3. The van der Waals surface area contributed by atoms with Gasteiger partial charge in [-0.15, -0.1) is 0 Å². The van der Waals surface area contributed by atoms with Crippen LogP contribution >= 0.6 is 0 Å². The maximum Gasteiger partial charge on any atom is 0.271 e. The minimum Gasteiger partial charge on any atom is -0.342 e. The molecule has 1 fully saturated rings. The van der Waals surface area contributed by atoms with Gasteiger partial charge in [-0.05, 0) is 42.5 Å². The molecule has 1 amide bonds. The average molecular weight is 361 g/mol. The number of halogens is 1. The van der Waals surface area contributed by atoms with Crippen LogP contribution in [0.25, 0.3) is 22.3 Å². The number of imidazole rings is 1. The van der Waals surface area contributed by atoms with Gasteiger partial charge in [-0.3, -0.25) is 9.89 Å². The van der Waals surface area contributed by atoms with Crippen molar-refractivity contribution in [3.63, 3.8) is 0 Å². The van der Waals surface area contributed by atoms with Crippen molar-refractivity contribution in [2.24, 2.45) is 0 Å². The standard InChI is InChI=1S/C20H16FN5O/c21-14-7-5-12(6-8-14)17-9-18(25-24-17)20(27)26-10-13(11-26)19-22-15-3-1-2-4-16(15)23-19/h1-9,13H,10-11H2,(H,22,23)(H,24,25). The normalized spacial score (nSPS) is 14.5. The minimum absolute atomic E-state index is 0.0942. The zero-order valence-corrected chi connectivity index (χ0v) is 14.3. The van der Waals surface area contributed by atoms with Crippen molar-refractivity contribution in [1.82, 2.24) is 25.1 Å². The van der Waals surface area contributed by atoms with Crippen LogP contribution in [0.15, 0.2) is 54.6 Å². The monoisotopic (exact) mass is 361 g/mol. The maximum atomic E-state index is 13.0. The Morgan fingerprint density at radius 2 is 1.89 bits per heavy atom. The van der Waals surface area contributed by atoms with Crippen LogP contribution in [0.4, 0.5) is 4.39 Å². The van der Waals surface area contributed by atoms with Crippen molar-refractivity contribution in [2.75, 3.05) is 13.1 Å². The second kappa shape index (κ2) is 6.05. The molecule has 0 saturated carbocycles. The van der Waals surface area contributed by atoms with Gasteiger partial charge in [0.15, 0.2) is 0 Å². The van der Waals surface area contributed by atoms with Crippen molar-refractivity contribution < 1.29 is 9.18 Å². The van der Waals surface area contributed by atoms with Crippen LogP contribution in [0.3, 0.4) is 0 Å². The Balaban J connectivity index is 1.28. The SMILES string of the molecule is O=C(c1cc(-c2ccc(F)cc2)n[nH]1)N1CC(c2nc3ccccc3[nH]2)C1. The summed E-state index contributed by atoms with van der Waals surface area (Å²) in [6, 6.07) is 15.6. The van der Waals surface area contributed by atoms with E-state index in [1.165, 1.54) is 12.1 Å². The fourth-order valence-electron chi connectivity index (χ4n) is 3.35. The van der Waals surface area contributed by atoms with Crippen LogP contribution in [0.5, 0.6) is 0 Å². The number of carbonyl (C=O) groups is 1. The molecule has 134 valence electrons. The van der Waals surface area contributed by atoms with Gasteiger partial charge in [0.05, 0.1) is 22.6 Å². The molecule has 2 N–H and O–H groups in total. The first-order valence-corrected chi connectivity index (χ1v) is 8.72. The third kappa shape index (κ3) is 2.77. The maximum absolute atomic E-state index is 13.0. The van der Waals surface area contributed by atoms with E-state index in [4.69, 9.17) is 0 Å². The summed E-state index contributed by atoms with van der Waals surface area (Å²) in [4.78, 5) is 22.3. The van der Waals surface area contributed by atoms with Crippen molar-refractivity contribution in [1.29, 1.82) is 0 Å². The number of nitrogens with zero attached hydrogens (tertiary/aromatic N) is 3. The first kappa shape index (κ1) is 15.7. The summed E-state index contributed by atoms with van der Waals surface area (Å²) in [7, 11) is 0. The van der Waals surface area contributed by atoms with E-state index in [1.54, 1.807) is 23.1 Å². The van der Waals surface area contributed by atoms with Gasteiger partial charge in [0.25, 0.3) is 5.91 Å². The summed E-state index contributed by atoms with van der Waals surface area (Å²) in [5.74, 6) is 0.726. The molecule has 2 aromatic carbocycles. The molecule has 0 aliphatic carbocycles. The van der Waals surface area contributed by atoms with E-state index in [2.05, 4.69) is 20.2 Å². The molecule has 0 atom stereocenters. The molecule has 6 nitrogen and oxygen atoms in total. The third-order valence-electron chi connectivity index (χ3n) is 4.91. The molecule has 5 rings (SSSR count). The van der Waals surface area contributed by atoms with Crippen LogP contribution in [0.1, 0.15) is 22.2 Å². The van der Waals surface area contributed by atoms with E-state index >= 15 is 0 Å². The van der Waals surface area contributed by atoms with Crippen LogP contribution in [-0.4, -0.2) is 44.1 Å². The molecule has 1 aliphatic heterocycles. The number of nitrogens with one attached hydrogen (secondary N) is 2. The van der Waals surface area contributed by atoms with Gasteiger partial charge in [0.2, 0.25) is 0 Å². The fourth-order valence-corrected chi connectivity index (χ4v) is 3.35. The molecule has 27 heavy (non-hydrogen) atoms. The van der Waals surface area contributed by atoms with Gasteiger partial charge in [-0.25, -0.2) is 9.37 Å². The molecule has 1 aliphatic rings. The van der Waals surface area contributed by atoms with Crippen molar-refractivity contribution in [3.8, 4) is 11.3 Å². The Bertz CT molecular complexity index is 1090. The molecule has 0 spiro atoms. The Morgan fingerprint density at radius 1 is 1.11 bits per heavy atom. The number of hydrogen-bond acceptors (Lipinski definition) is 3. The molecule has 7 heteroatoms. The summed E-state index contributed by atoms with van der Waals surface area (Å²) < 4.78 is 13.0. The Labute approximate surface area is 154 Å². The molecule has 3 heterocycles. The molecule has 0 bridgehead atoms. The lowest BCUT2D eigenvalue weighted by molar-refractivity contribution is 0.0589. The van der Waals surface area contributed by atoms with Gasteiger partial charge in [0, 0.05) is 18.7 Å². The van der Waals surface area contributed by atoms with Crippen LogP contribution < -0.4 is 0 Å². The largest absolute Gasteiger partial charge is 0.342 e. The van der Waals surface area contributed by atoms with E-state index < -0.39 is 0 Å². The lowest BCUT2D eigenvalue weighted by Crippen LogP contribution is -2.48. The number of likely N-dealkylation sites (tertiary alicyclic amines) is 1. The quantitative estimate of drug-likeness (QED) is 0.588. The summed E-state index contributed by atoms with van der Waals surface area (Å²) in [5, 5.41) is 6.96. The van der Waals surface area contributed by atoms with E-state index in [9.17, 15) is 9.18 Å². The van der Waals surface area contributed by atoms with Gasteiger partial charge in [-0.2, -0.15) is 5.10 Å². The molecular weight excluding hydrogens is 345 g/mol. The number of fused-ring (bicyclic) bond motifs is 1. The number of carbonyl (C=O) groups excluding carboxylic acids is 1.